The molecule has 1 aromatic carbocycles. The summed E-state index contributed by atoms with van der Waals surface area (Å²) in [5.74, 6) is 1.40. The zero-order valence-corrected chi connectivity index (χ0v) is 19.6. The second-order valence-electron chi connectivity index (χ2n) is 8.82. The van der Waals surface area contributed by atoms with Crippen LogP contribution in [0.1, 0.15) is 56.9 Å². The highest BCUT2D eigenvalue weighted by molar-refractivity contribution is 5.86. The van der Waals surface area contributed by atoms with E-state index in [0.29, 0.717) is 24.0 Å². The summed E-state index contributed by atoms with van der Waals surface area (Å²) in [6.45, 7) is 0. The van der Waals surface area contributed by atoms with Crippen molar-refractivity contribution in [2.45, 2.75) is 63.8 Å². The zero-order valence-electron chi connectivity index (χ0n) is 19.6. The van der Waals surface area contributed by atoms with Crippen molar-refractivity contribution in [2.75, 3.05) is 14.2 Å². The number of pyridine rings is 2. The highest BCUT2D eigenvalue weighted by Gasteiger charge is 2.14. The third-order valence-corrected chi connectivity index (χ3v) is 6.39. The maximum absolute atomic E-state index is 12.6. The van der Waals surface area contributed by atoms with Crippen LogP contribution in [0.5, 0.6) is 11.5 Å². The first-order chi connectivity index (χ1) is 16.2. The van der Waals surface area contributed by atoms with Crippen molar-refractivity contribution in [1.82, 2.24) is 15.3 Å². The van der Waals surface area contributed by atoms with Gasteiger partial charge in [-0.3, -0.25) is 14.8 Å². The van der Waals surface area contributed by atoms with Gasteiger partial charge in [0.1, 0.15) is 0 Å². The van der Waals surface area contributed by atoms with Crippen LogP contribution in [0, 0.1) is 0 Å². The van der Waals surface area contributed by atoms with E-state index in [1.54, 1.807) is 26.6 Å². The summed E-state index contributed by atoms with van der Waals surface area (Å²) in [5, 5.41) is 4.20. The molecule has 3 aromatic rings. The van der Waals surface area contributed by atoms with Gasteiger partial charge in [0, 0.05) is 35.5 Å². The first-order valence-electron chi connectivity index (χ1n) is 11.9. The summed E-state index contributed by atoms with van der Waals surface area (Å²) in [6, 6.07) is 10.1. The Morgan fingerprint density at radius 1 is 0.909 bits per heavy atom. The molecular weight excluding hydrogens is 414 g/mol. The summed E-state index contributed by atoms with van der Waals surface area (Å²) in [5.41, 5.74) is 3.48. The van der Waals surface area contributed by atoms with Crippen molar-refractivity contribution in [3.05, 3.63) is 48.3 Å². The highest BCUT2D eigenvalue weighted by atomic mass is 16.5. The van der Waals surface area contributed by atoms with Crippen LogP contribution in [0.2, 0.25) is 0 Å². The van der Waals surface area contributed by atoms with Crippen LogP contribution in [-0.2, 0) is 11.2 Å². The van der Waals surface area contributed by atoms with Gasteiger partial charge in [0.15, 0.2) is 11.5 Å². The summed E-state index contributed by atoms with van der Waals surface area (Å²) in [4.78, 5) is 21.8. The van der Waals surface area contributed by atoms with E-state index in [9.17, 15) is 4.79 Å². The number of hydrogen-bond donors (Lipinski definition) is 1. The number of fused-ring (bicyclic) bond motifs is 1. The number of methoxy groups -OCH3 is 2. The van der Waals surface area contributed by atoms with Crippen LogP contribution < -0.4 is 14.8 Å². The number of nitrogens with zero attached hydrogens (tertiary/aromatic N) is 2. The Morgan fingerprint density at radius 2 is 1.61 bits per heavy atom. The number of carbonyl (C=O) groups excluding carboxylic acids is 1. The van der Waals surface area contributed by atoms with E-state index >= 15 is 0 Å². The Labute approximate surface area is 195 Å². The van der Waals surface area contributed by atoms with Gasteiger partial charge in [0.2, 0.25) is 5.91 Å². The van der Waals surface area contributed by atoms with E-state index in [2.05, 4.69) is 15.3 Å². The molecule has 2 aromatic heterocycles. The van der Waals surface area contributed by atoms with Crippen LogP contribution in [0.4, 0.5) is 0 Å². The summed E-state index contributed by atoms with van der Waals surface area (Å²) < 4.78 is 10.8. The van der Waals surface area contributed by atoms with Gasteiger partial charge < -0.3 is 14.8 Å². The van der Waals surface area contributed by atoms with Crippen LogP contribution in [-0.4, -0.2) is 36.1 Å². The molecule has 0 saturated heterocycles. The maximum Gasteiger partial charge on any atom is 0.224 e. The van der Waals surface area contributed by atoms with Gasteiger partial charge in [0.05, 0.1) is 31.9 Å². The summed E-state index contributed by atoms with van der Waals surface area (Å²) in [7, 11) is 3.24. The van der Waals surface area contributed by atoms with Gasteiger partial charge >= 0.3 is 0 Å². The molecule has 2 heterocycles. The summed E-state index contributed by atoms with van der Waals surface area (Å²) in [6.07, 6.45) is 13.8. The molecule has 1 fully saturated rings. The topological polar surface area (TPSA) is 73.3 Å². The molecule has 0 aliphatic heterocycles. The lowest BCUT2D eigenvalue weighted by molar-refractivity contribution is -0.121. The average Bonchev–Trinajstić information content (AvgIpc) is 2.97. The molecule has 1 saturated carbocycles. The lowest BCUT2D eigenvalue weighted by Crippen LogP contribution is -2.35. The monoisotopic (exact) mass is 447 g/mol. The first kappa shape index (κ1) is 23.0. The van der Waals surface area contributed by atoms with E-state index in [1.807, 2.05) is 30.3 Å². The predicted octanol–water partition coefficient (Wildman–Crippen LogP) is 5.48. The van der Waals surface area contributed by atoms with Gasteiger partial charge in [-0.25, -0.2) is 0 Å². The molecule has 0 radical (unpaired) electrons. The Balaban J connectivity index is 1.42. The summed E-state index contributed by atoms with van der Waals surface area (Å²) >= 11 is 0. The van der Waals surface area contributed by atoms with Gasteiger partial charge in [-0.2, -0.15) is 0 Å². The number of ether oxygens (including phenoxy) is 2. The molecule has 1 N–H and O–H groups in total. The maximum atomic E-state index is 12.6. The van der Waals surface area contributed by atoms with Crippen molar-refractivity contribution in [2.24, 2.45) is 0 Å². The van der Waals surface area contributed by atoms with Crippen LogP contribution in [0.25, 0.3) is 22.2 Å². The Bertz CT molecular complexity index is 1070. The molecule has 0 atom stereocenters. The average molecular weight is 448 g/mol. The van der Waals surface area contributed by atoms with Crippen molar-refractivity contribution in [3.63, 3.8) is 0 Å². The minimum Gasteiger partial charge on any atom is -0.493 e. The molecule has 33 heavy (non-hydrogen) atoms. The van der Waals surface area contributed by atoms with Crippen LogP contribution in [0.3, 0.4) is 0 Å². The quantitative estimate of drug-likeness (QED) is 0.542. The molecule has 1 aliphatic rings. The SMILES string of the molecule is COc1cc2cc(-c3ccc(CC(=O)NC4CCCCCCCC4)cn3)cnc2cc1OC. The molecule has 4 rings (SSSR count). The van der Waals surface area contributed by atoms with Crippen LogP contribution in [0.15, 0.2) is 42.7 Å². The number of nitrogens with one attached hydrogen (secondary N) is 1. The van der Waals surface area contributed by atoms with Crippen molar-refractivity contribution >= 4 is 16.8 Å². The van der Waals surface area contributed by atoms with Crippen molar-refractivity contribution < 1.29 is 14.3 Å². The molecule has 0 spiro atoms. The normalized spacial score (nSPS) is 15.3. The molecule has 6 heteroatoms. The lowest BCUT2D eigenvalue weighted by atomic mass is 10.0. The van der Waals surface area contributed by atoms with Gasteiger partial charge in [-0.1, -0.05) is 44.6 Å². The van der Waals surface area contributed by atoms with Crippen molar-refractivity contribution in [3.8, 4) is 22.8 Å². The number of rotatable bonds is 6. The van der Waals surface area contributed by atoms with E-state index in [0.717, 1.165) is 40.6 Å². The number of carbonyl (C=O) groups is 1. The number of hydrogen-bond acceptors (Lipinski definition) is 5. The second kappa shape index (κ2) is 11.1. The molecule has 0 unspecified atom stereocenters. The van der Waals surface area contributed by atoms with E-state index in [-0.39, 0.29) is 5.91 Å². The predicted molar refractivity (Wildman–Crippen MR) is 131 cm³/mol. The molecule has 1 aliphatic carbocycles. The Hall–Kier alpha value is -3.15. The molecule has 6 nitrogen and oxygen atoms in total. The van der Waals surface area contributed by atoms with Crippen LogP contribution >= 0.6 is 0 Å². The zero-order chi connectivity index (χ0) is 23.0. The Morgan fingerprint density at radius 3 is 2.27 bits per heavy atom. The highest BCUT2D eigenvalue weighted by Crippen LogP contribution is 2.32. The third-order valence-electron chi connectivity index (χ3n) is 6.39. The van der Waals surface area contributed by atoms with Gasteiger partial charge in [0.25, 0.3) is 0 Å². The fourth-order valence-electron chi connectivity index (χ4n) is 4.54. The lowest BCUT2D eigenvalue weighted by Gasteiger charge is -2.18. The fraction of sp³-hybridized carbons (Fsp3) is 0.444. The van der Waals surface area contributed by atoms with E-state index < -0.39 is 0 Å². The minimum atomic E-state index is 0.0854. The van der Waals surface area contributed by atoms with Crippen molar-refractivity contribution in [1.29, 1.82) is 0 Å². The standard InChI is InChI=1S/C27H33N3O3/c1-32-25-15-20-14-21(18-29-24(20)16-26(25)33-2)23-12-11-19(17-28-23)13-27(31)30-22-9-7-5-3-4-6-8-10-22/h11-12,14-18,22H,3-10,13H2,1-2H3,(H,30,31). The largest absolute Gasteiger partial charge is 0.493 e. The van der Waals surface area contributed by atoms with E-state index in [1.165, 1.54) is 38.5 Å². The first-order valence-corrected chi connectivity index (χ1v) is 11.9. The fourth-order valence-corrected chi connectivity index (χ4v) is 4.54. The minimum absolute atomic E-state index is 0.0854. The third kappa shape index (κ3) is 6.01. The van der Waals surface area contributed by atoms with Gasteiger partial charge in [-0.05, 0) is 36.6 Å². The van der Waals surface area contributed by atoms with E-state index in [4.69, 9.17) is 9.47 Å². The molecule has 1 amide bonds. The smallest absolute Gasteiger partial charge is 0.224 e. The molecular formula is C27H33N3O3. The van der Waals surface area contributed by atoms with Gasteiger partial charge in [-0.15, -0.1) is 0 Å². The number of amides is 1. The molecule has 0 bridgehead atoms. The Kier molecular flexibility index (Phi) is 7.76. The number of benzene rings is 1. The number of aromatic nitrogens is 2. The second-order valence-corrected chi connectivity index (χ2v) is 8.82. The molecule has 174 valence electrons.